The van der Waals surface area contributed by atoms with Crippen LogP contribution in [-0.4, -0.2) is 21.6 Å². The number of anilines is 1. The minimum absolute atomic E-state index is 0.0762. The molecule has 0 aliphatic heterocycles. The smallest absolute Gasteiger partial charge is 0.305 e. The second kappa shape index (κ2) is 4.42. The van der Waals surface area contributed by atoms with Gasteiger partial charge in [0.1, 0.15) is 6.07 Å². The summed E-state index contributed by atoms with van der Waals surface area (Å²) in [7, 11) is 0. The van der Waals surface area contributed by atoms with Crippen LogP contribution < -0.4 is 5.32 Å². The molecule has 0 saturated heterocycles. The molecule has 5 nitrogen and oxygen atoms in total. The van der Waals surface area contributed by atoms with Crippen LogP contribution in [0.3, 0.4) is 0 Å². The second-order valence-electron chi connectivity index (χ2n) is 4.34. The highest BCUT2D eigenvalue weighted by atomic mass is 16.4. The predicted molar refractivity (Wildman–Crippen MR) is 61.4 cm³/mol. The minimum Gasteiger partial charge on any atom is -0.481 e. The van der Waals surface area contributed by atoms with Gasteiger partial charge in [0.15, 0.2) is 5.69 Å². The monoisotopic (exact) mass is 231 g/mol. The molecule has 88 valence electrons. The van der Waals surface area contributed by atoms with Crippen LogP contribution in [0.1, 0.15) is 31.4 Å². The Balaban J connectivity index is 2.19. The van der Waals surface area contributed by atoms with Crippen molar-refractivity contribution in [3.8, 4) is 6.07 Å². The lowest BCUT2D eigenvalue weighted by molar-refractivity contribution is -0.138. The first kappa shape index (κ1) is 11.4. The molecular formula is C12H13N3O2. The van der Waals surface area contributed by atoms with Gasteiger partial charge in [0.2, 0.25) is 0 Å². The van der Waals surface area contributed by atoms with Gasteiger partial charge < -0.3 is 10.4 Å². The first-order chi connectivity index (χ1) is 8.15. The number of nitrogens with one attached hydrogen (secondary N) is 1. The van der Waals surface area contributed by atoms with Gasteiger partial charge >= 0.3 is 5.97 Å². The molecular weight excluding hydrogens is 218 g/mol. The molecule has 0 bridgehead atoms. The van der Waals surface area contributed by atoms with Gasteiger partial charge in [-0.05, 0) is 31.4 Å². The number of aliphatic carboxylic acids is 1. The van der Waals surface area contributed by atoms with E-state index in [1.807, 2.05) is 6.07 Å². The number of carboxylic acid groups (broad SMARTS) is 1. The van der Waals surface area contributed by atoms with Gasteiger partial charge in [0.25, 0.3) is 0 Å². The van der Waals surface area contributed by atoms with E-state index in [4.69, 9.17) is 10.4 Å². The molecule has 0 amide bonds. The molecule has 0 spiro atoms. The highest BCUT2D eigenvalue weighted by Crippen LogP contribution is 2.38. The molecule has 1 aliphatic rings. The number of hydrogen-bond acceptors (Lipinski definition) is 4. The van der Waals surface area contributed by atoms with E-state index in [0.29, 0.717) is 11.4 Å². The van der Waals surface area contributed by atoms with Gasteiger partial charge in [0.05, 0.1) is 12.1 Å². The average Bonchev–Trinajstić information content (AvgIpc) is 2.26. The summed E-state index contributed by atoms with van der Waals surface area (Å²) in [5, 5.41) is 21.0. The van der Waals surface area contributed by atoms with Crippen LogP contribution in [0.2, 0.25) is 0 Å². The number of rotatable bonds is 4. The van der Waals surface area contributed by atoms with Crippen molar-refractivity contribution in [1.29, 1.82) is 5.26 Å². The molecule has 0 atom stereocenters. The van der Waals surface area contributed by atoms with E-state index in [1.54, 1.807) is 18.3 Å². The molecule has 1 aliphatic carbocycles. The number of carbonyl (C=O) groups is 1. The number of nitriles is 1. The topological polar surface area (TPSA) is 86.0 Å². The van der Waals surface area contributed by atoms with Gasteiger partial charge in [-0.2, -0.15) is 5.26 Å². The van der Waals surface area contributed by atoms with Crippen LogP contribution in [0.25, 0.3) is 0 Å². The zero-order valence-electron chi connectivity index (χ0n) is 9.31. The third kappa shape index (κ3) is 2.36. The summed E-state index contributed by atoms with van der Waals surface area (Å²) in [6, 6.07) is 5.49. The molecule has 0 aromatic carbocycles. The number of pyridine rings is 1. The number of hydrogen-bond donors (Lipinski definition) is 2. The fourth-order valence-corrected chi connectivity index (χ4v) is 2.12. The van der Waals surface area contributed by atoms with Crippen molar-refractivity contribution in [1.82, 2.24) is 4.98 Å². The normalized spacial score (nSPS) is 16.6. The zero-order valence-corrected chi connectivity index (χ0v) is 9.31. The van der Waals surface area contributed by atoms with Crippen LogP contribution in [0, 0.1) is 11.3 Å². The third-order valence-corrected chi connectivity index (χ3v) is 3.11. The summed E-state index contributed by atoms with van der Waals surface area (Å²) in [6.07, 6.45) is 4.28. The molecule has 1 aromatic rings. The first-order valence-electron chi connectivity index (χ1n) is 5.50. The summed E-state index contributed by atoms with van der Waals surface area (Å²) in [5.74, 6) is -0.820. The van der Waals surface area contributed by atoms with Crippen LogP contribution in [0.15, 0.2) is 18.3 Å². The van der Waals surface area contributed by atoms with Crippen LogP contribution in [0.5, 0.6) is 0 Å². The number of aromatic nitrogens is 1. The lowest BCUT2D eigenvalue weighted by atomic mass is 9.74. The van der Waals surface area contributed by atoms with E-state index < -0.39 is 11.5 Å². The highest BCUT2D eigenvalue weighted by Gasteiger charge is 2.39. The molecule has 1 fully saturated rings. The Morgan fingerprint density at radius 2 is 2.41 bits per heavy atom. The van der Waals surface area contributed by atoms with E-state index in [0.717, 1.165) is 19.3 Å². The number of nitrogens with zero attached hydrogens (tertiary/aromatic N) is 2. The molecule has 5 heteroatoms. The Hall–Kier alpha value is -2.09. The van der Waals surface area contributed by atoms with Crippen molar-refractivity contribution in [2.24, 2.45) is 0 Å². The molecule has 2 rings (SSSR count). The maximum atomic E-state index is 10.8. The first-order valence-corrected chi connectivity index (χ1v) is 5.50. The summed E-state index contributed by atoms with van der Waals surface area (Å²) in [6.45, 7) is 0. The van der Waals surface area contributed by atoms with Crippen molar-refractivity contribution in [3.05, 3.63) is 24.0 Å². The Morgan fingerprint density at radius 1 is 1.65 bits per heavy atom. The molecule has 1 aromatic heterocycles. The van der Waals surface area contributed by atoms with E-state index in [1.165, 1.54) is 0 Å². The summed E-state index contributed by atoms with van der Waals surface area (Å²) < 4.78 is 0. The fraction of sp³-hybridized carbons (Fsp3) is 0.417. The Bertz CT molecular complexity index is 475. The average molecular weight is 231 g/mol. The van der Waals surface area contributed by atoms with Gasteiger partial charge in [-0.3, -0.25) is 4.79 Å². The van der Waals surface area contributed by atoms with Crippen molar-refractivity contribution < 1.29 is 9.90 Å². The van der Waals surface area contributed by atoms with Crippen molar-refractivity contribution in [2.75, 3.05) is 5.32 Å². The SMILES string of the molecule is N#Cc1ncccc1NC1(CC(=O)O)CCC1. The van der Waals surface area contributed by atoms with Gasteiger partial charge in [-0.25, -0.2) is 4.98 Å². The third-order valence-electron chi connectivity index (χ3n) is 3.11. The molecule has 2 N–H and O–H groups in total. The lowest BCUT2D eigenvalue weighted by Crippen LogP contribution is -2.46. The highest BCUT2D eigenvalue weighted by molar-refractivity contribution is 5.70. The molecule has 1 heterocycles. The van der Waals surface area contributed by atoms with Crippen molar-refractivity contribution in [3.63, 3.8) is 0 Å². The predicted octanol–water partition coefficient (Wildman–Crippen LogP) is 1.76. The Morgan fingerprint density at radius 3 is 2.94 bits per heavy atom. The molecule has 1 saturated carbocycles. The summed E-state index contributed by atoms with van der Waals surface area (Å²) in [5.41, 5.74) is 0.528. The quantitative estimate of drug-likeness (QED) is 0.824. The zero-order chi connectivity index (χ0) is 12.3. The molecule has 17 heavy (non-hydrogen) atoms. The largest absolute Gasteiger partial charge is 0.481 e. The molecule has 0 unspecified atom stereocenters. The maximum Gasteiger partial charge on any atom is 0.305 e. The van der Waals surface area contributed by atoms with Gasteiger partial charge in [-0.15, -0.1) is 0 Å². The van der Waals surface area contributed by atoms with Crippen LogP contribution in [0.4, 0.5) is 5.69 Å². The van der Waals surface area contributed by atoms with E-state index in [2.05, 4.69) is 10.3 Å². The van der Waals surface area contributed by atoms with E-state index >= 15 is 0 Å². The fourth-order valence-electron chi connectivity index (χ4n) is 2.12. The lowest BCUT2D eigenvalue weighted by Gasteiger charge is -2.42. The maximum absolute atomic E-state index is 10.8. The standard InChI is InChI=1S/C12H13N3O2/c13-8-10-9(3-1-6-14-10)15-12(4-2-5-12)7-11(16)17/h1,3,6,15H,2,4-5,7H2,(H,16,17). The van der Waals surface area contributed by atoms with Crippen LogP contribution >= 0.6 is 0 Å². The summed E-state index contributed by atoms with van der Waals surface area (Å²) in [4.78, 5) is 14.8. The Labute approximate surface area is 99.1 Å². The molecule has 0 radical (unpaired) electrons. The van der Waals surface area contributed by atoms with Crippen molar-refractivity contribution in [2.45, 2.75) is 31.2 Å². The minimum atomic E-state index is -0.820. The van der Waals surface area contributed by atoms with E-state index in [-0.39, 0.29) is 6.42 Å². The van der Waals surface area contributed by atoms with Crippen molar-refractivity contribution >= 4 is 11.7 Å². The van der Waals surface area contributed by atoms with E-state index in [9.17, 15) is 4.79 Å². The second-order valence-corrected chi connectivity index (χ2v) is 4.34. The number of carboxylic acids is 1. The van der Waals surface area contributed by atoms with Gasteiger partial charge in [-0.1, -0.05) is 0 Å². The van der Waals surface area contributed by atoms with Crippen LogP contribution in [-0.2, 0) is 4.79 Å². The Kier molecular flexibility index (Phi) is 2.96. The summed E-state index contributed by atoms with van der Waals surface area (Å²) >= 11 is 0. The van der Waals surface area contributed by atoms with Gasteiger partial charge in [0, 0.05) is 11.7 Å².